The van der Waals surface area contributed by atoms with Crippen molar-refractivity contribution in [3.8, 4) is 0 Å². The van der Waals surface area contributed by atoms with Crippen molar-refractivity contribution >= 4 is 29.6 Å². The van der Waals surface area contributed by atoms with Gasteiger partial charge in [-0.1, -0.05) is 48.0 Å². The Morgan fingerprint density at radius 2 is 1.39 bits per heavy atom. The van der Waals surface area contributed by atoms with Gasteiger partial charge in [-0.25, -0.2) is 14.4 Å². The number of carbonyl (C=O) groups excluding carboxylic acids is 4. The van der Waals surface area contributed by atoms with Gasteiger partial charge in [-0.3, -0.25) is 9.69 Å². The number of hydrogen-bond acceptors (Lipinski definition) is 10. The Morgan fingerprint density at radius 3 is 1.89 bits per heavy atom. The van der Waals surface area contributed by atoms with Gasteiger partial charge in [-0.05, 0) is 24.6 Å². The summed E-state index contributed by atoms with van der Waals surface area (Å²) in [6.07, 6.45) is 0. The number of rotatable bonds is 6. The molecule has 0 aliphatic carbocycles. The second-order valence-electron chi connectivity index (χ2n) is 8.02. The Labute approximate surface area is 208 Å². The molecule has 0 amide bonds. The summed E-state index contributed by atoms with van der Waals surface area (Å²) in [5.41, 5.74) is -2.32. The zero-order chi connectivity index (χ0) is 26.6. The van der Waals surface area contributed by atoms with E-state index in [1.165, 1.54) is 12.1 Å². The quantitative estimate of drug-likeness (QED) is 0.466. The number of aliphatic hydroxyl groups is 1. The molecule has 1 aliphatic heterocycles. The van der Waals surface area contributed by atoms with Crippen LogP contribution in [0.25, 0.3) is 0 Å². The van der Waals surface area contributed by atoms with Crippen molar-refractivity contribution in [2.24, 2.45) is 5.92 Å². The van der Waals surface area contributed by atoms with Crippen LogP contribution in [0.15, 0.2) is 65.9 Å². The van der Waals surface area contributed by atoms with Crippen LogP contribution < -0.4 is 4.90 Å². The first-order chi connectivity index (χ1) is 17.2. The van der Waals surface area contributed by atoms with Crippen LogP contribution in [0.2, 0.25) is 0 Å². The molecule has 190 valence electrons. The Kier molecular flexibility index (Phi) is 7.79. The minimum Gasteiger partial charge on any atom is -0.469 e. The third kappa shape index (κ3) is 4.31. The fourth-order valence-electron chi connectivity index (χ4n) is 4.44. The van der Waals surface area contributed by atoms with E-state index in [4.69, 9.17) is 18.9 Å². The maximum Gasteiger partial charge on any atom is 0.360 e. The summed E-state index contributed by atoms with van der Waals surface area (Å²) in [6, 6.07) is 14.5. The molecule has 0 radical (unpaired) electrons. The Bertz CT molecular complexity index is 1190. The molecule has 1 heterocycles. The number of ether oxygens (including phenoxy) is 4. The largest absolute Gasteiger partial charge is 0.469 e. The molecule has 0 fully saturated rings. The van der Waals surface area contributed by atoms with E-state index in [9.17, 15) is 24.3 Å². The zero-order valence-electron chi connectivity index (χ0n) is 20.5. The Hall–Kier alpha value is -4.18. The van der Waals surface area contributed by atoms with Crippen molar-refractivity contribution in [3.63, 3.8) is 0 Å². The van der Waals surface area contributed by atoms with Gasteiger partial charge in [0, 0.05) is 11.6 Å². The second kappa shape index (κ2) is 10.6. The van der Waals surface area contributed by atoms with E-state index in [1.807, 2.05) is 6.92 Å². The minimum atomic E-state index is -2.83. The van der Waals surface area contributed by atoms with Gasteiger partial charge in [-0.15, -0.1) is 0 Å². The summed E-state index contributed by atoms with van der Waals surface area (Å²) in [5.74, 6) is -7.43. The minimum absolute atomic E-state index is 0.100. The summed E-state index contributed by atoms with van der Waals surface area (Å²) in [6.45, 7) is 1.83. The van der Waals surface area contributed by atoms with E-state index in [1.54, 1.807) is 42.5 Å². The lowest BCUT2D eigenvalue weighted by atomic mass is 9.70. The van der Waals surface area contributed by atoms with Crippen molar-refractivity contribution in [1.82, 2.24) is 0 Å². The van der Waals surface area contributed by atoms with E-state index in [-0.39, 0.29) is 11.3 Å². The smallest absolute Gasteiger partial charge is 0.360 e. The van der Waals surface area contributed by atoms with Crippen molar-refractivity contribution in [3.05, 3.63) is 77.0 Å². The van der Waals surface area contributed by atoms with Crippen LogP contribution in [0.4, 0.5) is 5.69 Å². The predicted molar refractivity (Wildman–Crippen MR) is 126 cm³/mol. The molecule has 1 unspecified atom stereocenters. The molecule has 3 atom stereocenters. The molecule has 1 aliphatic rings. The summed E-state index contributed by atoms with van der Waals surface area (Å²) in [4.78, 5) is 54.0. The molecule has 0 bridgehead atoms. The van der Waals surface area contributed by atoms with Gasteiger partial charge in [0.15, 0.2) is 0 Å². The average molecular weight is 498 g/mol. The number of aryl methyl sites for hydroxylation is 1. The standard InChI is InChI=1S/C26H27NO9/c1-15-11-13-16(14-12-15)18-19(22(28)33-2)21(24(30)35-4)27(17-9-7-6-8-10-17)26(32,25(31)36-5)20(18)23(29)34-3/h6-14,18,20,32H,1-5H3/t18?,20-,26-/m0/s1. The fraction of sp³-hybridized carbons (Fsp3) is 0.308. The van der Waals surface area contributed by atoms with Gasteiger partial charge in [0.1, 0.15) is 11.6 Å². The van der Waals surface area contributed by atoms with Gasteiger partial charge in [0.2, 0.25) is 0 Å². The number of carbonyl (C=O) groups is 4. The Balaban J connectivity index is 2.58. The van der Waals surface area contributed by atoms with Crippen molar-refractivity contribution in [2.45, 2.75) is 18.6 Å². The molecule has 0 saturated heterocycles. The number of para-hydroxylation sites is 1. The van der Waals surface area contributed by atoms with E-state index in [0.717, 1.165) is 38.9 Å². The van der Waals surface area contributed by atoms with Gasteiger partial charge < -0.3 is 24.1 Å². The number of nitrogens with zero attached hydrogens (tertiary/aromatic N) is 1. The van der Waals surface area contributed by atoms with E-state index >= 15 is 0 Å². The number of hydrogen-bond donors (Lipinski definition) is 1. The highest BCUT2D eigenvalue weighted by molar-refractivity contribution is 6.08. The number of benzene rings is 2. The maximum atomic E-state index is 13.3. The highest BCUT2D eigenvalue weighted by Gasteiger charge is 2.65. The fourth-order valence-corrected chi connectivity index (χ4v) is 4.44. The van der Waals surface area contributed by atoms with Crippen LogP contribution in [0.1, 0.15) is 17.0 Å². The van der Waals surface area contributed by atoms with Crippen LogP contribution in [0.5, 0.6) is 0 Å². The number of esters is 4. The molecular formula is C26H27NO9. The molecule has 2 aromatic carbocycles. The average Bonchev–Trinajstić information content (AvgIpc) is 2.91. The highest BCUT2D eigenvalue weighted by Crippen LogP contribution is 2.50. The topological polar surface area (TPSA) is 129 Å². The van der Waals surface area contributed by atoms with Crippen molar-refractivity contribution in [2.75, 3.05) is 33.3 Å². The normalized spacial score (nSPS) is 21.4. The first kappa shape index (κ1) is 26.4. The summed E-state index contributed by atoms with van der Waals surface area (Å²) in [7, 11) is 4.29. The predicted octanol–water partition coefficient (Wildman–Crippen LogP) is 1.85. The molecule has 0 aromatic heterocycles. The lowest BCUT2D eigenvalue weighted by Gasteiger charge is -2.49. The monoisotopic (exact) mass is 497 g/mol. The summed E-state index contributed by atoms with van der Waals surface area (Å²) in [5, 5.41) is 12.1. The first-order valence-corrected chi connectivity index (χ1v) is 10.9. The molecule has 0 spiro atoms. The molecule has 0 saturated carbocycles. The van der Waals surface area contributed by atoms with Crippen LogP contribution in [0, 0.1) is 12.8 Å². The van der Waals surface area contributed by atoms with Gasteiger partial charge in [0.25, 0.3) is 5.72 Å². The van der Waals surface area contributed by atoms with E-state index in [0.29, 0.717) is 5.56 Å². The Morgan fingerprint density at radius 1 is 0.806 bits per heavy atom. The molecule has 10 heteroatoms. The van der Waals surface area contributed by atoms with Crippen molar-refractivity contribution < 1.29 is 43.2 Å². The third-order valence-corrected chi connectivity index (χ3v) is 6.07. The van der Waals surface area contributed by atoms with E-state index in [2.05, 4.69) is 0 Å². The summed E-state index contributed by atoms with van der Waals surface area (Å²) >= 11 is 0. The van der Waals surface area contributed by atoms with Gasteiger partial charge in [0.05, 0.1) is 34.0 Å². The molecule has 1 N–H and O–H groups in total. The lowest BCUT2D eigenvalue weighted by Crippen LogP contribution is -2.67. The number of methoxy groups -OCH3 is 4. The van der Waals surface area contributed by atoms with Gasteiger partial charge >= 0.3 is 23.9 Å². The first-order valence-electron chi connectivity index (χ1n) is 10.9. The third-order valence-electron chi connectivity index (χ3n) is 6.07. The molecule has 3 rings (SSSR count). The van der Waals surface area contributed by atoms with Crippen LogP contribution in [-0.4, -0.2) is 63.1 Å². The number of anilines is 1. The SMILES string of the molecule is COC(=O)C1=C(C(=O)OC)N(c2ccccc2)[C@@](O)(C(=O)OC)[C@H](C(=O)OC)C1c1ccc(C)cc1. The highest BCUT2D eigenvalue weighted by atomic mass is 16.6. The van der Waals surface area contributed by atoms with Gasteiger partial charge in [-0.2, -0.15) is 0 Å². The molecule has 2 aromatic rings. The lowest BCUT2D eigenvalue weighted by molar-refractivity contribution is -0.181. The van der Waals surface area contributed by atoms with Crippen LogP contribution in [-0.2, 0) is 38.1 Å². The maximum absolute atomic E-state index is 13.3. The van der Waals surface area contributed by atoms with Crippen LogP contribution >= 0.6 is 0 Å². The zero-order valence-corrected chi connectivity index (χ0v) is 20.5. The molecule has 36 heavy (non-hydrogen) atoms. The van der Waals surface area contributed by atoms with E-state index < -0.39 is 47.1 Å². The molecular weight excluding hydrogens is 470 g/mol. The molecule has 10 nitrogen and oxygen atoms in total. The van der Waals surface area contributed by atoms with Crippen LogP contribution in [0.3, 0.4) is 0 Å². The summed E-state index contributed by atoms with van der Waals surface area (Å²) < 4.78 is 19.9. The second-order valence-corrected chi connectivity index (χ2v) is 8.02. The van der Waals surface area contributed by atoms with Crippen molar-refractivity contribution in [1.29, 1.82) is 0 Å².